The minimum absolute atomic E-state index is 0.0440. The maximum Gasteiger partial charge on any atom is 0.335 e. The Kier molecular flexibility index (Phi) is 1.53. The fourth-order valence-electron chi connectivity index (χ4n) is 0.793. The molecule has 0 fully saturated rings. The summed E-state index contributed by atoms with van der Waals surface area (Å²) in [6.07, 6.45) is 1.36. The molecule has 0 aliphatic rings. The highest BCUT2D eigenvalue weighted by molar-refractivity contribution is 5.89. The molecule has 0 saturated carbocycles. The Balaban J connectivity index is 3.15. The molecule has 3 nitrogen and oxygen atoms in total. The monoisotopic (exact) mass is 142 g/mol. The maximum atomic E-state index is 12.0. The molecule has 0 amide bonds. The summed E-state index contributed by atoms with van der Waals surface area (Å²) in [7, 11) is 1.64. The van der Waals surface area contributed by atoms with Gasteiger partial charge in [-0.3, -0.25) is 9.48 Å². The first-order valence-electron chi connectivity index (χ1n) is 2.81. The second-order valence-electron chi connectivity index (χ2n) is 2.08. The zero-order valence-corrected chi connectivity index (χ0v) is 5.76. The van der Waals surface area contributed by atoms with E-state index in [0.29, 0.717) is 5.69 Å². The van der Waals surface area contributed by atoms with Gasteiger partial charge in [0.2, 0.25) is 0 Å². The molecule has 0 atom stereocenters. The van der Waals surface area contributed by atoms with E-state index < -0.39 is 6.04 Å². The molecule has 0 saturated heterocycles. The van der Waals surface area contributed by atoms with Crippen molar-refractivity contribution in [3.63, 3.8) is 0 Å². The van der Waals surface area contributed by atoms with Crippen LogP contribution < -0.4 is 0 Å². The molecule has 0 unspecified atom stereocenters. The zero-order chi connectivity index (χ0) is 7.72. The van der Waals surface area contributed by atoms with Crippen LogP contribution in [-0.2, 0) is 7.05 Å². The summed E-state index contributed by atoms with van der Waals surface area (Å²) in [4.78, 5) is 10.2. The lowest BCUT2D eigenvalue weighted by Crippen LogP contribution is -1.88. The van der Waals surface area contributed by atoms with Gasteiger partial charge in [0, 0.05) is 13.2 Å². The average molecular weight is 142 g/mol. The van der Waals surface area contributed by atoms with Gasteiger partial charge >= 0.3 is 6.04 Å². The van der Waals surface area contributed by atoms with Gasteiger partial charge in [-0.25, -0.2) is 0 Å². The van der Waals surface area contributed by atoms with Crippen molar-refractivity contribution < 1.29 is 9.18 Å². The van der Waals surface area contributed by atoms with Crippen molar-refractivity contribution in [2.45, 2.75) is 6.92 Å². The van der Waals surface area contributed by atoms with Crippen molar-refractivity contribution in [1.29, 1.82) is 0 Å². The SMILES string of the molecule is Cc1nn(C)cc1C(=O)F. The molecule has 0 aromatic carbocycles. The van der Waals surface area contributed by atoms with Crippen LogP contribution in [0.4, 0.5) is 4.39 Å². The number of carbonyl (C=O) groups excluding carboxylic acids is 1. The van der Waals surface area contributed by atoms with Gasteiger partial charge in [0.25, 0.3) is 0 Å². The van der Waals surface area contributed by atoms with Crippen LogP contribution in [0.5, 0.6) is 0 Å². The van der Waals surface area contributed by atoms with Crippen LogP contribution in [0.1, 0.15) is 16.1 Å². The van der Waals surface area contributed by atoms with Gasteiger partial charge < -0.3 is 0 Å². The first-order chi connectivity index (χ1) is 4.61. The van der Waals surface area contributed by atoms with Crippen LogP contribution in [0.15, 0.2) is 6.20 Å². The summed E-state index contributed by atoms with van der Waals surface area (Å²) in [5, 5.41) is 3.79. The van der Waals surface area contributed by atoms with Gasteiger partial charge in [-0.15, -0.1) is 0 Å². The van der Waals surface area contributed by atoms with Crippen LogP contribution in [0.25, 0.3) is 0 Å². The topological polar surface area (TPSA) is 34.9 Å². The number of hydrogen-bond acceptors (Lipinski definition) is 2. The molecule has 1 rings (SSSR count). The first-order valence-corrected chi connectivity index (χ1v) is 2.81. The van der Waals surface area contributed by atoms with Gasteiger partial charge in [-0.2, -0.15) is 9.49 Å². The Morgan fingerprint density at radius 1 is 1.80 bits per heavy atom. The molecule has 0 spiro atoms. The smallest absolute Gasteiger partial charge is 0.275 e. The van der Waals surface area contributed by atoms with E-state index in [1.54, 1.807) is 14.0 Å². The van der Waals surface area contributed by atoms with Crippen LogP contribution in [0.3, 0.4) is 0 Å². The molecule has 0 bridgehead atoms. The molecule has 1 aromatic rings. The number of hydrogen-bond donors (Lipinski definition) is 0. The summed E-state index contributed by atoms with van der Waals surface area (Å²) in [5.74, 6) is 0. The molecular formula is C6H7FN2O. The maximum absolute atomic E-state index is 12.0. The number of aromatic nitrogens is 2. The third kappa shape index (κ3) is 1.05. The first kappa shape index (κ1) is 6.92. The van der Waals surface area contributed by atoms with E-state index in [-0.39, 0.29) is 5.56 Å². The highest BCUT2D eigenvalue weighted by Crippen LogP contribution is 2.05. The molecule has 0 radical (unpaired) electrons. The molecule has 10 heavy (non-hydrogen) atoms. The molecular weight excluding hydrogens is 135 g/mol. The van der Waals surface area contributed by atoms with Gasteiger partial charge in [0.05, 0.1) is 11.3 Å². The number of nitrogens with zero attached hydrogens (tertiary/aromatic N) is 2. The normalized spacial score (nSPS) is 9.90. The third-order valence-corrected chi connectivity index (χ3v) is 1.23. The van der Waals surface area contributed by atoms with E-state index in [4.69, 9.17) is 0 Å². The van der Waals surface area contributed by atoms with Gasteiger partial charge in [-0.1, -0.05) is 0 Å². The minimum atomic E-state index is -1.43. The Morgan fingerprint density at radius 3 is 2.60 bits per heavy atom. The second-order valence-corrected chi connectivity index (χ2v) is 2.08. The Morgan fingerprint density at radius 2 is 2.40 bits per heavy atom. The quantitative estimate of drug-likeness (QED) is 0.544. The average Bonchev–Trinajstić information content (AvgIpc) is 2.10. The molecule has 0 aliphatic heterocycles. The van der Waals surface area contributed by atoms with Gasteiger partial charge in [0.1, 0.15) is 0 Å². The van der Waals surface area contributed by atoms with Crippen molar-refractivity contribution in [1.82, 2.24) is 9.78 Å². The predicted octanol–water partition coefficient (Wildman–Crippen LogP) is 0.838. The van der Waals surface area contributed by atoms with Crippen LogP contribution in [-0.4, -0.2) is 15.8 Å². The van der Waals surface area contributed by atoms with E-state index in [9.17, 15) is 9.18 Å². The molecule has 0 N–H and O–H groups in total. The third-order valence-electron chi connectivity index (χ3n) is 1.23. The van der Waals surface area contributed by atoms with Crippen LogP contribution in [0.2, 0.25) is 0 Å². The van der Waals surface area contributed by atoms with Gasteiger partial charge in [-0.05, 0) is 6.92 Å². The van der Waals surface area contributed by atoms with Crippen molar-refractivity contribution in [2.75, 3.05) is 0 Å². The highest BCUT2D eigenvalue weighted by Gasteiger charge is 2.09. The number of carbonyl (C=O) groups is 1. The zero-order valence-electron chi connectivity index (χ0n) is 5.76. The standard InChI is InChI=1S/C6H7FN2O/c1-4-5(6(7)10)3-9(2)8-4/h3H,1-2H3. The van der Waals surface area contributed by atoms with Crippen molar-refractivity contribution >= 4 is 6.04 Å². The Labute approximate surface area is 57.5 Å². The lowest BCUT2D eigenvalue weighted by Gasteiger charge is -1.81. The highest BCUT2D eigenvalue weighted by atomic mass is 19.1. The summed E-state index contributed by atoms with van der Waals surface area (Å²) in [6.45, 7) is 1.59. The fraction of sp³-hybridized carbons (Fsp3) is 0.333. The molecule has 4 heteroatoms. The molecule has 1 heterocycles. The summed E-state index contributed by atoms with van der Waals surface area (Å²) in [6, 6.07) is -1.43. The van der Waals surface area contributed by atoms with Crippen molar-refractivity contribution in [3.8, 4) is 0 Å². The van der Waals surface area contributed by atoms with E-state index in [1.165, 1.54) is 10.9 Å². The summed E-state index contributed by atoms with van der Waals surface area (Å²) in [5.41, 5.74) is 0.470. The second kappa shape index (κ2) is 2.21. The predicted molar refractivity (Wildman–Crippen MR) is 33.4 cm³/mol. The van der Waals surface area contributed by atoms with E-state index in [2.05, 4.69) is 5.10 Å². The van der Waals surface area contributed by atoms with E-state index >= 15 is 0 Å². The lowest BCUT2D eigenvalue weighted by atomic mass is 10.3. The van der Waals surface area contributed by atoms with Crippen molar-refractivity contribution in [3.05, 3.63) is 17.5 Å². The van der Waals surface area contributed by atoms with E-state index in [1.807, 2.05) is 0 Å². The Hall–Kier alpha value is -1.19. The van der Waals surface area contributed by atoms with Crippen LogP contribution >= 0.6 is 0 Å². The molecule has 0 aliphatic carbocycles. The number of rotatable bonds is 1. The molecule has 54 valence electrons. The summed E-state index contributed by atoms with van der Waals surface area (Å²) < 4.78 is 13.4. The molecule has 1 aromatic heterocycles. The largest absolute Gasteiger partial charge is 0.335 e. The Bertz CT molecular complexity index is 267. The van der Waals surface area contributed by atoms with Crippen LogP contribution in [0, 0.1) is 6.92 Å². The number of halogens is 1. The van der Waals surface area contributed by atoms with Gasteiger partial charge in [0.15, 0.2) is 0 Å². The lowest BCUT2D eigenvalue weighted by molar-refractivity contribution is 0.0835. The minimum Gasteiger partial charge on any atom is -0.275 e. The fourth-order valence-corrected chi connectivity index (χ4v) is 0.793. The number of aryl methyl sites for hydroxylation is 2. The van der Waals surface area contributed by atoms with Crippen molar-refractivity contribution in [2.24, 2.45) is 7.05 Å². The van der Waals surface area contributed by atoms with E-state index in [0.717, 1.165) is 0 Å². The summed E-state index contributed by atoms with van der Waals surface area (Å²) >= 11 is 0.